The van der Waals surface area contributed by atoms with Crippen molar-refractivity contribution in [2.45, 2.75) is 6.92 Å². The van der Waals surface area contributed by atoms with E-state index >= 15 is 0 Å². The van der Waals surface area contributed by atoms with Gasteiger partial charge in [0.2, 0.25) is 0 Å². The van der Waals surface area contributed by atoms with E-state index in [1.54, 1.807) is 41.6 Å². The van der Waals surface area contributed by atoms with Crippen molar-refractivity contribution in [3.8, 4) is 11.5 Å². The zero-order chi connectivity index (χ0) is 17.1. The van der Waals surface area contributed by atoms with Crippen LogP contribution in [0.2, 0.25) is 0 Å². The number of phenols is 2. The van der Waals surface area contributed by atoms with Gasteiger partial charge in [-0.1, -0.05) is 36.9 Å². The summed E-state index contributed by atoms with van der Waals surface area (Å²) >= 11 is 0. The van der Waals surface area contributed by atoms with Crippen molar-refractivity contribution in [3.63, 3.8) is 0 Å². The number of hydrogen-bond donors (Lipinski definition) is 2. The molecule has 0 saturated carbocycles. The van der Waals surface area contributed by atoms with Crippen LogP contribution in [0, 0.1) is 0 Å². The van der Waals surface area contributed by atoms with E-state index in [0.717, 1.165) is 16.8 Å². The molecule has 0 aliphatic carbocycles. The number of allylic oxidation sites excluding steroid dienone is 3. The Morgan fingerprint density at radius 1 is 0.958 bits per heavy atom. The first-order valence-electron chi connectivity index (χ1n) is 7.57. The van der Waals surface area contributed by atoms with E-state index in [1.807, 2.05) is 37.3 Å². The summed E-state index contributed by atoms with van der Waals surface area (Å²) in [4.78, 5) is 0. The van der Waals surface area contributed by atoms with Gasteiger partial charge in [0.1, 0.15) is 11.5 Å². The fourth-order valence-corrected chi connectivity index (χ4v) is 2.63. The Morgan fingerprint density at radius 2 is 1.54 bits per heavy atom. The van der Waals surface area contributed by atoms with Crippen LogP contribution in [0.3, 0.4) is 0 Å². The standard InChI is InChI=1S/C20H18N2O2/c1-14(16-8-3-5-11-19(16)23)18-10-7-13-21-22(18)15(2)17-9-4-6-12-20(17)24/h3-13,23-24H,2H2,1H3/b18-14+. The predicted octanol–water partition coefficient (Wildman–Crippen LogP) is 4.36. The third kappa shape index (κ3) is 2.82. The minimum Gasteiger partial charge on any atom is -0.507 e. The van der Waals surface area contributed by atoms with Crippen molar-refractivity contribution in [2.24, 2.45) is 5.10 Å². The molecule has 1 aliphatic rings. The zero-order valence-corrected chi connectivity index (χ0v) is 13.3. The maximum Gasteiger partial charge on any atom is 0.124 e. The number of phenolic OH excluding ortho intramolecular Hbond substituents is 2. The molecular formula is C20H18N2O2. The number of aromatic hydroxyl groups is 2. The molecule has 0 saturated heterocycles. The van der Waals surface area contributed by atoms with Crippen molar-refractivity contribution in [1.82, 2.24) is 5.01 Å². The van der Waals surface area contributed by atoms with E-state index in [0.29, 0.717) is 11.3 Å². The number of benzene rings is 2. The Bertz CT molecular complexity index is 879. The van der Waals surface area contributed by atoms with Gasteiger partial charge in [0.05, 0.1) is 11.4 Å². The van der Waals surface area contributed by atoms with Gasteiger partial charge in [-0.3, -0.25) is 0 Å². The third-order valence-electron chi connectivity index (χ3n) is 3.91. The number of hydrazone groups is 1. The van der Waals surface area contributed by atoms with Crippen molar-refractivity contribution in [1.29, 1.82) is 0 Å². The second kappa shape index (κ2) is 6.46. The van der Waals surface area contributed by atoms with Crippen LogP contribution in [0.5, 0.6) is 11.5 Å². The Balaban J connectivity index is 2.07. The Labute approximate surface area is 141 Å². The molecule has 0 bridgehead atoms. The summed E-state index contributed by atoms with van der Waals surface area (Å²) in [6, 6.07) is 14.2. The minimum absolute atomic E-state index is 0.145. The van der Waals surface area contributed by atoms with E-state index in [2.05, 4.69) is 11.7 Å². The first kappa shape index (κ1) is 15.6. The van der Waals surface area contributed by atoms with Crippen LogP contribution >= 0.6 is 0 Å². The molecule has 1 heterocycles. The van der Waals surface area contributed by atoms with Crippen molar-refractivity contribution in [2.75, 3.05) is 0 Å². The number of nitrogens with zero attached hydrogens (tertiary/aromatic N) is 2. The molecule has 0 aromatic heterocycles. The first-order valence-corrected chi connectivity index (χ1v) is 7.57. The molecule has 0 radical (unpaired) electrons. The smallest absolute Gasteiger partial charge is 0.124 e. The summed E-state index contributed by atoms with van der Waals surface area (Å²) in [5, 5.41) is 26.2. The Hall–Kier alpha value is -3.27. The van der Waals surface area contributed by atoms with Gasteiger partial charge in [-0.2, -0.15) is 5.10 Å². The maximum atomic E-state index is 10.1. The SMILES string of the molecule is C=C(c1ccccc1O)N1N=CC=C/C1=C(/C)c1ccccc1O. The molecule has 0 atom stereocenters. The number of rotatable bonds is 3. The fourth-order valence-electron chi connectivity index (χ4n) is 2.63. The van der Waals surface area contributed by atoms with Crippen LogP contribution < -0.4 is 0 Å². The van der Waals surface area contributed by atoms with E-state index in [9.17, 15) is 10.2 Å². The van der Waals surface area contributed by atoms with Crippen LogP contribution in [0.4, 0.5) is 0 Å². The highest BCUT2D eigenvalue weighted by molar-refractivity contribution is 5.82. The molecule has 0 spiro atoms. The van der Waals surface area contributed by atoms with E-state index in [4.69, 9.17) is 0 Å². The monoisotopic (exact) mass is 318 g/mol. The minimum atomic E-state index is 0.145. The molecule has 2 aromatic rings. The summed E-state index contributed by atoms with van der Waals surface area (Å²) in [5.74, 6) is 0.352. The van der Waals surface area contributed by atoms with Gasteiger partial charge >= 0.3 is 0 Å². The lowest BCUT2D eigenvalue weighted by atomic mass is 10.0. The maximum absolute atomic E-state index is 10.1. The summed E-state index contributed by atoms with van der Waals surface area (Å²) in [5.41, 5.74) is 3.53. The van der Waals surface area contributed by atoms with Gasteiger partial charge in [-0.15, -0.1) is 0 Å². The molecule has 2 aromatic carbocycles. The topological polar surface area (TPSA) is 56.1 Å². The molecule has 3 rings (SSSR count). The van der Waals surface area contributed by atoms with Gasteiger partial charge in [-0.05, 0) is 42.8 Å². The van der Waals surface area contributed by atoms with Gasteiger partial charge in [0, 0.05) is 17.3 Å². The summed E-state index contributed by atoms with van der Waals surface area (Å²) in [6.07, 6.45) is 5.39. The number of para-hydroxylation sites is 2. The van der Waals surface area contributed by atoms with E-state index < -0.39 is 0 Å². The molecule has 24 heavy (non-hydrogen) atoms. The summed E-state index contributed by atoms with van der Waals surface area (Å²) < 4.78 is 0. The zero-order valence-electron chi connectivity index (χ0n) is 13.3. The molecule has 0 amide bonds. The molecule has 0 fully saturated rings. The average molecular weight is 318 g/mol. The molecule has 4 heteroatoms. The Morgan fingerprint density at radius 3 is 2.17 bits per heavy atom. The van der Waals surface area contributed by atoms with Crippen molar-refractivity contribution in [3.05, 3.63) is 84.1 Å². The Kier molecular flexibility index (Phi) is 4.20. The second-order valence-corrected chi connectivity index (χ2v) is 5.43. The van der Waals surface area contributed by atoms with Gasteiger partial charge in [0.25, 0.3) is 0 Å². The van der Waals surface area contributed by atoms with E-state index in [1.165, 1.54) is 0 Å². The lowest BCUT2D eigenvalue weighted by Crippen LogP contribution is -2.17. The highest BCUT2D eigenvalue weighted by Crippen LogP contribution is 2.35. The predicted molar refractivity (Wildman–Crippen MR) is 97.3 cm³/mol. The highest BCUT2D eigenvalue weighted by atomic mass is 16.3. The molecule has 2 N–H and O–H groups in total. The van der Waals surface area contributed by atoms with Crippen LogP contribution in [-0.2, 0) is 0 Å². The third-order valence-corrected chi connectivity index (χ3v) is 3.91. The van der Waals surface area contributed by atoms with Crippen LogP contribution in [0.1, 0.15) is 18.1 Å². The molecule has 4 nitrogen and oxygen atoms in total. The highest BCUT2D eigenvalue weighted by Gasteiger charge is 2.19. The van der Waals surface area contributed by atoms with E-state index in [-0.39, 0.29) is 11.5 Å². The molecule has 120 valence electrons. The molecule has 0 unspecified atom stereocenters. The lowest BCUT2D eigenvalue weighted by molar-refractivity contribution is 0.466. The lowest BCUT2D eigenvalue weighted by Gasteiger charge is -2.26. The fraction of sp³-hybridized carbons (Fsp3) is 0.0500. The van der Waals surface area contributed by atoms with Crippen LogP contribution in [0.15, 0.2) is 78.1 Å². The van der Waals surface area contributed by atoms with Gasteiger partial charge in [0.15, 0.2) is 0 Å². The quantitative estimate of drug-likeness (QED) is 0.884. The summed E-state index contributed by atoms with van der Waals surface area (Å²) in [7, 11) is 0. The largest absolute Gasteiger partial charge is 0.507 e. The first-order chi connectivity index (χ1) is 11.6. The van der Waals surface area contributed by atoms with Crippen molar-refractivity contribution >= 4 is 17.5 Å². The molecule has 1 aliphatic heterocycles. The van der Waals surface area contributed by atoms with Crippen LogP contribution in [0.25, 0.3) is 11.3 Å². The molecular weight excluding hydrogens is 300 g/mol. The summed E-state index contributed by atoms with van der Waals surface area (Å²) in [6.45, 7) is 6.00. The van der Waals surface area contributed by atoms with Gasteiger partial charge in [-0.25, -0.2) is 5.01 Å². The van der Waals surface area contributed by atoms with Crippen molar-refractivity contribution < 1.29 is 10.2 Å². The number of hydrogen-bond acceptors (Lipinski definition) is 4. The average Bonchev–Trinajstić information content (AvgIpc) is 2.61. The second-order valence-electron chi connectivity index (χ2n) is 5.43. The van der Waals surface area contributed by atoms with Gasteiger partial charge < -0.3 is 10.2 Å². The van der Waals surface area contributed by atoms with Crippen LogP contribution in [-0.4, -0.2) is 21.4 Å². The normalized spacial score (nSPS) is 15.5.